The quantitative estimate of drug-likeness (QED) is 0.404. The minimum absolute atomic E-state index is 0.123. The van der Waals surface area contributed by atoms with Crippen molar-refractivity contribution in [3.63, 3.8) is 0 Å². The zero-order chi connectivity index (χ0) is 24.7. The van der Waals surface area contributed by atoms with E-state index in [0.29, 0.717) is 28.6 Å². The van der Waals surface area contributed by atoms with Gasteiger partial charge in [0.15, 0.2) is 0 Å². The predicted octanol–water partition coefficient (Wildman–Crippen LogP) is 6.06. The summed E-state index contributed by atoms with van der Waals surface area (Å²) in [7, 11) is 0. The van der Waals surface area contributed by atoms with Crippen LogP contribution in [-0.2, 0) is 11.8 Å². The van der Waals surface area contributed by atoms with Gasteiger partial charge in [0.1, 0.15) is 0 Å². The molecule has 3 aromatic rings. The molecule has 2 aromatic carbocycles. The van der Waals surface area contributed by atoms with Crippen molar-refractivity contribution in [3.05, 3.63) is 58.1 Å². The van der Waals surface area contributed by atoms with E-state index in [-0.39, 0.29) is 12.2 Å². The zero-order valence-electron chi connectivity index (χ0n) is 18.9. The first-order valence-corrected chi connectivity index (χ1v) is 12.0. The molecule has 1 aliphatic rings. The summed E-state index contributed by atoms with van der Waals surface area (Å²) in [6.45, 7) is 3.37. The molecule has 0 atom stereocenters. The number of anilines is 1. The van der Waals surface area contributed by atoms with Gasteiger partial charge in [-0.05, 0) is 75.8 Å². The number of aromatic nitrogens is 1. The Bertz CT molecular complexity index is 1190. The highest BCUT2D eigenvalue weighted by Gasteiger charge is 2.31. The first-order valence-electron chi connectivity index (χ1n) is 11.2. The highest BCUT2D eigenvalue weighted by molar-refractivity contribution is 7.18. The van der Waals surface area contributed by atoms with Gasteiger partial charge in [0.25, 0.3) is 5.91 Å². The number of hydrogen-bond donors (Lipinski definition) is 3. The lowest BCUT2D eigenvalue weighted by atomic mass is 9.83. The molecule has 3 N–H and O–H groups in total. The summed E-state index contributed by atoms with van der Waals surface area (Å²) in [6.07, 6.45) is -0.761. The van der Waals surface area contributed by atoms with Crippen LogP contribution in [0.5, 0.6) is 0 Å². The number of hydrogen-bond acceptors (Lipinski definition) is 5. The lowest BCUT2D eigenvalue weighted by Gasteiger charge is -2.25. The summed E-state index contributed by atoms with van der Waals surface area (Å²) in [5.74, 6) is -0.0537. The lowest BCUT2D eigenvalue weighted by Crippen LogP contribution is -2.21. The molecule has 34 heavy (non-hydrogen) atoms. The van der Waals surface area contributed by atoms with Crippen LogP contribution in [0.2, 0.25) is 0 Å². The van der Waals surface area contributed by atoms with Crippen molar-refractivity contribution < 1.29 is 28.2 Å². The number of fused-ring (bicyclic) bond motifs is 1. The molecule has 0 bridgehead atoms. The fourth-order valence-corrected chi connectivity index (χ4v) is 5.56. The molecule has 4 rings (SSSR count). The first-order chi connectivity index (χ1) is 16.0. The number of aliphatic hydroxyl groups is 2. The molecular formula is C25H27F3N2O3S. The van der Waals surface area contributed by atoms with Gasteiger partial charge in [-0.15, -0.1) is 11.3 Å². The fourth-order valence-electron chi connectivity index (χ4n) is 4.40. The van der Waals surface area contributed by atoms with Crippen LogP contribution in [-0.4, -0.2) is 27.7 Å². The van der Waals surface area contributed by atoms with E-state index in [2.05, 4.69) is 5.32 Å². The molecule has 5 nitrogen and oxygen atoms in total. The number of aliphatic hydroxyl groups excluding tert-OH is 1. The van der Waals surface area contributed by atoms with Crippen molar-refractivity contribution in [1.29, 1.82) is 0 Å². The number of nitrogens with one attached hydrogen (secondary N) is 1. The van der Waals surface area contributed by atoms with Crippen molar-refractivity contribution in [1.82, 2.24) is 4.98 Å². The number of amides is 1. The van der Waals surface area contributed by atoms with Crippen LogP contribution < -0.4 is 5.32 Å². The summed E-state index contributed by atoms with van der Waals surface area (Å²) in [4.78, 5) is 17.6. The van der Waals surface area contributed by atoms with Crippen molar-refractivity contribution in [2.45, 2.75) is 57.2 Å². The Labute approximate surface area is 199 Å². The van der Waals surface area contributed by atoms with E-state index in [9.17, 15) is 28.2 Å². The maximum atomic E-state index is 13.1. The normalized spacial score (nSPS) is 19.4. The summed E-state index contributed by atoms with van der Waals surface area (Å²) in [5.41, 5.74) is -0.863. The molecule has 1 heterocycles. The lowest BCUT2D eigenvalue weighted by molar-refractivity contribution is -0.137. The van der Waals surface area contributed by atoms with Crippen LogP contribution >= 0.6 is 11.3 Å². The third-order valence-electron chi connectivity index (χ3n) is 6.36. The molecule has 1 fully saturated rings. The van der Waals surface area contributed by atoms with E-state index < -0.39 is 23.2 Å². The largest absolute Gasteiger partial charge is 0.416 e. The van der Waals surface area contributed by atoms with Crippen LogP contribution in [0, 0.1) is 5.92 Å². The summed E-state index contributed by atoms with van der Waals surface area (Å²) < 4.78 is 40.0. The van der Waals surface area contributed by atoms with Gasteiger partial charge in [0, 0.05) is 29.3 Å². The zero-order valence-corrected chi connectivity index (χ0v) is 19.8. The van der Waals surface area contributed by atoms with E-state index >= 15 is 0 Å². The maximum Gasteiger partial charge on any atom is 0.416 e. The molecule has 9 heteroatoms. The fraction of sp³-hybridized carbons (Fsp3) is 0.440. The van der Waals surface area contributed by atoms with Crippen LogP contribution in [0.4, 0.5) is 18.9 Å². The van der Waals surface area contributed by atoms with Crippen LogP contribution in [0.1, 0.15) is 71.9 Å². The van der Waals surface area contributed by atoms with Gasteiger partial charge in [0.2, 0.25) is 0 Å². The number of carbonyl (C=O) groups excluding carboxylic acids is 1. The number of halogens is 3. The second-order valence-electron chi connectivity index (χ2n) is 9.41. The number of rotatable bonds is 5. The Balaban J connectivity index is 1.66. The minimum atomic E-state index is -4.55. The molecule has 1 aliphatic carbocycles. The Morgan fingerprint density at radius 2 is 1.85 bits per heavy atom. The standard InChI is InChI=1S/C25H27F3N2O3S/c1-24(2,33)18-11-20-21(34-23(30-20)15-8-6-14(13-31)7-9-15)12-19(18)29-22(32)16-4-3-5-17(10-16)25(26,27)28/h3-5,10-12,14-15,31,33H,6-9,13H2,1-2H3,(H,29,32)/t14-,15-. The van der Waals surface area contributed by atoms with E-state index in [4.69, 9.17) is 4.98 Å². The summed E-state index contributed by atoms with van der Waals surface area (Å²) in [6, 6.07) is 7.70. The van der Waals surface area contributed by atoms with E-state index in [0.717, 1.165) is 47.5 Å². The molecule has 1 saturated carbocycles. The number of thiazole rings is 1. The average molecular weight is 493 g/mol. The molecular weight excluding hydrogens is 465 g/mol. The number of carbonyl (C=O) groups is 1. The van der Waals surface area contributed by atoms with Gasteiger partial charge < -0.3 is 15.5 Å². The van der Waals surface area contributed by atoms with Gasteiger partial charge in [-0.3, -0.25) is 4.79 Å². The topological polar surface area (TPSA) is 82.5 Å². The Morgan fingerprint density at radius 3 is 2.47 bits per heavy atom. The molecule has 0 spiro atoms. The second-order valence-corrected chi connectivity index (χ2v) is 10.5. The molecule has 0 aliphatic heterocycles. The van der Waals surface area contributed by atoms with E-state index in [1.165, 1.54) is 23.5 Å². The SMILES string of the molecule is CC(C)(O)c1cc2nc([C@H]3CC[C@H](CO)CC3)sc2cc1NC(=O)c1cccc(C(F)(F)F)c1. The molecule has 1 aromatic heterocycles. The highest BCUT2D eigenvalue weighted by atomic mass is 32.1. The van der Waals surface area contributed by atoms with Crippen LogP contribution in [0.25, 0.3) is 10.2 Å². The number of nitrogens with zero attached hydrogens (tertiary/aromatic N) is 1. The molecule has 1 amide bonds. The predicted molar refractivity (Wildman–Crippen MR) is 126 cm³/mol. The smallest absolute Gasteiger partial charge is 0.396 e. The third kappa shape index (κ3) is 5.26. The number of benzene rings is 2. The third-order valence-corrected chi connectivity index (χ3v) is 7.54. The van der Waals surface area contributed by atoms with Crippen LogP contribution in [0.3, 0.4) is 0 Å². The second kappa shape index (κ2) is 9.28. The molecule has 0 saturated heterocycles. The molecule has 0 radical (unpaired) electrons. The van der Waals surface area contributed by atoms with Gasteiger partial charge in [-0.25, -0.2) is 4.98 Å². The van der Waals surface area contributed by atoms with Crippen molar-refractivity contribution >= 4 is 33.1 Å². The summed E-state index contributed by atoms with van der Waals surface area (Å²) >= 11 is 1.52. The van der Waals surface area contributed by atoms with Gasteiger partial charge >= 0.3 is 6.18 Å². The maximum absolute atomic E-state index is 13.1. The van der Waals surface area contributed by atoms with Gasteiger partial charge in [0.05, 0.1) is 26.4 Å². The Kier molecular flexibility index (Phi) is 6.72. The first kappa shape index (κ1) is 24.6. The van der Waals surface area contributed by atoms with E-state index in [1.54, 1.807) is 26.0 Å². The van der Waals surface area contributed by atoms with Crippen molar-refractivity contribution in [3.8, 4) is 0 Å². The van der Waals surface area contributed by atoms with Crippen molar-refractivity contribution in [2.75, 3.05) is 11.9 Å². The van der Waals surface area contributed by atoms with E-state index in [1.807, 2.05) is 0 Å². The molecule has 0 unspecified atom stereocenters. The average Bonchev–Trinajstić information content (AvgIpc) is 3.20. The van der Waals surface area contributed by atoms with Gasteiger partial charge in [-0.1, -0.05) is 6.07 Å². The molecule has 182 valence electrons. The number of alkyl halides is 3. The minimum Gasteiger partial charge on any atom is -0.396 e. The monoisotopic (exact) mass is 492 g/mol. The Hall–Kier alpha value is -2.49. The van der Waals surface area contributed by atoms with Gasteiger partial charge in [-0.2, -0.15) is 13.2 Å². The van der Waals surface area contributed by atoms with Crippen molar-refractivity contribution in [2.24, 2.45) is 5.92 Å². The Morgan fingerprint density at radius 1 is 1.15 bits per heavy atom. The van der Waals surface area contributed by atoms with Crippen LogP contribution in [0.15, 0.2) is 36.4 Å². The highest BCUT2D eigenvalue weighted by Crippen LogP contribution is 2.41. The summed E-state index contributed by atoms with van der Waals surface area (Å²) in [5, 5.41) is 23.8.